The molecule has 0 bridgehead atoms. The van der Waals surface area contributed by atoms with Gasteiger partial charge in [-0.1, -0.05) is 13.0 Å². The smallest absolute Gasteiger partial charge is 0.338 e. The van der Waals surface area contributed by atoms with Gasteiger partial charge in [-0.05, 0) is 56.1 Å². The van der Waals surface area contributed by atoms with Gasteiger partial charge in [-0.2, -0.15) is 0 Å². The van der Waals surface area contributed by atoms with E-state index in [1.807, 2.05) is 0 Å². The summed E-state index contributed by atoms with van der Waals surface area (Å²) in [6.07, 6.45) is 2.60. The number of nitrogens with one attached hydrogen (secondary N) is 1. The van der Waals surface area contributed by atoms with Crippen molar-refractivity contribution in [1.29, 1.82) is 0 Å². The minimum Gasteiger partial charge on any atom is -0.478 e. The lowest BCUT2D eigenvalue weighted by Crippen LogP contribution is -2.31. The summed E-state index contributed by atoms with van der Waals surface area (Å²) in [5.74, 6) is -1.36. The Morgan fingerprint density at radius 3 is 2.76 bits per heavy atom. The van der Waals surface area contributed by atoms with Crippen LogP contribution >= 0.6 is 0 Å². The number of likely N-dealkylation sites (tertiary alicyclic amines) is 1. The SMILES string of the molecule is CC(CNCc1ccc(C(=O)O)c(F)c1)CN1CCCC1. The van der Waals surface area contributed by atoms with Crippen molar-refractivity contribution in [3.05, 3.63) is 35.1 Å². The van der Waals surface area contributed by atoms with Gasteiger partial charge >= 0.3 is 5.97 Å². The second-order valence-corrected chi connectivity index (χ2v) is 5.86. The molecule has 2 rings (SSSR count). The van der Waals surface area contributed by atoms with Gasteiger partial charge in [0, 0.05) is 13.1 Å². The van der Waals surface area contributed by atoms with Gasteiger partial charge < -0.3 is 15.3 Å². The van der Waals surface area contributed by atoms with Crippen LogP contribution in [0.1, 0.15) is 35.7 Å². The molecule has 0 aromatic heterocycles. The molecular weight excluding hydrogens is 271 g/mol. The minimum absolute atomic E-state index is 0.277. The summed E-state index contributed by atoms with van der Waals surface area (Å²) < 4.78 is 13.5. The van der Waals surface area contributed by atoms with Crippen molar-refractivity contribution in [3.63, 3.8) is 0 Å². The third-order valence-electron chi connectivity index (χ3n) is 3.85. The zero-order chi connectivity index (χ0) is 15.2. The predicted molar refractivity (Wildman–Crippen MR) is 79.9 cm³/mol. The van der Waals surface area contributed by atoms with E-state index in [9.17, 15) is 9.18 Å². The van der Waals surface area contributed by atoms with Crippen LogP contribution in [0.4, 0.5) is 4.39 Å². The topological polar surface area (TPSA) is 52.6 Å². The summed E-state index contributed by atoms with van der Waals surface area (Å²) in [4.78, 5) is 13.2. The predicted octanol–water partition coefficient (Wildman–Crippen LogP) is 2.35. The summed E-state index contributed by atoms with van der Waals surface area (Å²) in [5.41, 5.74) is 0.493. The molecule has 1 fully saturated rings. The van der Waals surface area contributed by atoms with E-state index in [1.54, 1.807) is 6.07 Å². The number of hydrogen-bond donors (Lipinski definition) is 2. The highest BCUT2D eigenvalue weighted by atomic mass is 19.1. The van der Waals surface area contributed by atoms with E-state index in [2.05, 4.69) is 17.1 Å². The lowest BCUT2D eigenvalue weighted by Gasteiger charge is -2.20. The summed E-state index contributed by atoms with van der Waals surface area (Å²) in [7, 11) is 0. The summed E-state index contributed by atoms with van der Waals surface area (Å²) in [6.45, 7) is 7.14. The Morgan fingerprint density at radius 1 is 1.43 bits per heavy atom. The van der Waals surface area contributed by atoms with Crippen molar-refractivity contribution in [2.75, 3.05) is 26.2 Å². The molecule has 0 amide bonds. The highest BCUT2D eigenvalue weighted by Gasteiger charge is 2.14. The van der Waals surface area contributed by atoms with Crippen LogP contribution in [-0.4, -0.2) is 42.2 Å². The highest BCUT2D eigenvalue weighted by Crippen LogP contribution is 2.12. The molecule has 1 saturated heterocycles. The van der Waals surface area contributed by atoms with Gasteiger partial charge in [-0.3, -0.25) is 0 Å². The first-order valence-electron chi connectivity index (χ1n) is 7.51. The van der Waals surface area contributed by atoms with Crippen LogP contribution in [-0.2, 0) is 6.54 Å². The third kappa shape index (κ3) is 4.79. The Bertz CT molecular complexity index is 487. The standard InChI is InChI=1S/C16H23FN2O2/c1-12(11-19-6-2-3-7-19)9-18-10-13-4-5-14(16(20)21)15(17)8-13/h4-5,8,12,18H,2-3,6-7,9-11H2,1H3,(H,20,21). The fourth-order valence-corrected chi connectivity index (χ4v) is 2.78. The summed E-state index contributed by atoms with van der Waals surface area (Å²) in [5, 5.41) is 12.1. The number of benzene rings is 1. The van der Waals surface area contributed by atoms with Crippen LogP contribution in [0.2, 0.25) is 0 Å². The Morgan fingerprint density at radius 2 is 2.14 bits per heavy atom. The average Bonchev–Trinajstić information content (AvgIpc) is 2.91. The Kier molecular flexibility index (Phi) is 5.70. The normalized spacial score (nSPS) is 17.0. The van der Waals surface area contributed by atoms with E-state index in [0.717, 1.165) is 18.7 Å². The first kappa shape index (κ1) is 15.9. The maximum absolute atomic E-state index is 13.5. The van der Waals surface area contributed by atoms with Gasteiger partial charge in [-0.15, -0.1) is 0 Å². The van der Waals surface area contributed by atoms with Crippen LogP contribution < -0.4 is 5.32 Å². The van der Waals surface area contributed by atoms with Crippen LogP contribution in [0.25, 0.3) is 0 Å². The first-order chi connectivity index (χ1) is 10.1. The zero-order valence-corrected chi connectivity index (χ0v) is 12.4. The number of carboxylic acid groups (broad SMARTS) is 1. The lowest BCUT2D eigenvalue weighted by atomic mass is 10.1. The van der Waals surface area contributed by atoms with Crippen LogP contribution in [0.15, 0.2) is 18.2 Å². The van der Waals surface area contributed by atoms with Crippen molar-refractivity contribution < 1.29 is 14.3 Å². The summed E-state index contributed by atoms with van der Waals surface area (Å²) >= 11 is 0. The van der Waals surface area contributed by atoms with E-state index in [-0.39, 0.29) is 5.56 Å². The molecule has 2 N–H and O–H groups in total. The van der Waals surface area contributed by atoms with E-state index in [0.29, 0.717) is 12.5 Å². The minimum atomic E-state index is -1.23. The quantitative estimate of drug-likeness (QED) is 0.810. The number of nitrogens with zero attached hydrogens (tertiary/aromatic N) is 1. The fraction of sp³-hybridized carbons (Fsp3) is 0.562. The van der Waals surface area contributed by atoms with Crippen molar-refractivity contribution in [3.8, 4) is 0 Å². The molecular formula is C16H23FN2O2. The van der Waals surface area contributed by atoms with E-state index >= 15 is 0 Å². The molecule has 4 nitrogen and oxygen atoms in total. The molecule has 21 heavy (non-hydrogen) atoms. The van der Waals surface area contributed by atoms with Crippen LogP contribution in [0, 0.1) is 11.7 Å². The second kappa shape index (κ2) is 7.52. The molecule has 0 radical (unpaired) electrons. The lowest BCUT2D eigenvalue weighted by molar-refractivity contribution is 0.0692. The molecule has 1 aliphatic rings. The van der Waals surface area contributed by atoms with Crippen molar-refractivity contribution in [2.24, 2.45) is 5.92 Å². The van der Waals surface area contributed by atoms with Crippen molar-refractivity contribution in [1.82, 2.24) is 10.2 Å². The molecule has 1 heterocycles. The molecule has 0 aliphatic carbocycles. The van der Waals surface area contributed by atoms with E-state index < -0.39 is 11.8 Å². The number of hydrogen-bond acceptors (Lipinski definition) is 3. The van der Waals surface area contributed by atoms with Gasteiger partial charge in [0.2, 0.25) is 0 Å². The largest absolute Gasteiger partial charge is 0.478 e. The van der Waals surface area contributed by atoms with E-state index in [1.165, 1.54) is 38.1 Å². The van der Waals surface area contributed by atoms with Gasteiger partial charge in [0.25, 0.3) is 0 Å². The number of halogens is 1. The Labute approximate surface area is 125 Å². The second-order valence-electron chi connectivity index (χ2n) is 5.86. The number of carbonyl (C=O) groups is 1. The van der Waals surface area contributed by atoms with Gasteiger partial charge in [0.15, 0.2) is 0 Å². The molecule has 1 aromatic carbocycles. The molecule has 1 aliphatic heterocycles. The third-order valence-corrected chi connectivity index (χ3v) is 3.85. The molecule has 1 aromatic rings. The number of carboxylic acids is 1. The maximum atomic E-state index is 13.5. The molecule has 0 spiro atoms. The Hall–Kier alpha value is -1.46. The van der Waals surface area contributed by atoms with Crippen molar-refractivity contribution in [2.45, 2.75) is 26.3 Å². The van der Waals surface area contributed by atoms with Gasteiger partial charge in [0.1, 0.15) is 5.82 Å². The molecule has 5 heteroatoms. The molecule has 1 unspecified atom stereocenters. The van der Waals surface area contributed by atoms with Crippen LogP contribution in [0.3, 0.4) is 0 Å². The fourth-order valence-electron chi connectivity index (χ4n) is 2.78. The van der Waals surface area contributed by atoms with Crippen LogP contribution in [0.5, 0.6) is 0 Å². The molecule has 1 atom stereocenters. The number of aromatic carboxylic acids is 1. The molecule has 116 valence electrons. The summed E-state index contributed by atoms with van der Waals surface area (Å²) in [6, 6.07) is 4.27. The van der Waals surface area contributed by atoms with Crippen molar-refractivity contribution >= 4 is 5.97 Å². The zero-order valence-electron chi connectivity index (χ0n) is 12.4. The number of rotatable bonds is 7. The van der Waals surface area contributed by atoms with Gasteiger partial charge in [-0.25, -0.2) is 9.18 Å². The Balaban J connectivity index is 1.75. The first-order valence-corrected chi connectivity index (χ1v) is 7.51. The molecule has 0 saturated carbocycles. The maximum Gasteiger partial charge on any atom is 0.338 e. The average molecular weight is 294 g/mol. The highest BCUT2D eigenvalue weighted by molar-refractivity contribution is 5.87. The van der Waals surface area contributed by atoms with E-state index in [4.69, 9.17) is 5.11 Å². The van der Waals surface area contributed by atoms with Gasteiger partial charge in [0.05, 0.1) is 5.56 Å². The monoisotopic (exact) mass is 294 g/mol.